The molecule has 2 atom stereocenters. The second kappa shape index (κ2) is 5.81. The molecule has 3 aromatic heterocycles. The van der Waals surface area contributed by atoms with Crippen molar-refractivity contribution in [1.82, 2.24) is 19.2 Å². The standard InChI is InChI=1S/C16H19N5S2/c1-11-9-12(2)21-15(17-11)18-20(16(21)22)10-19-7-3-5-13(19)14-6-4-8-23-14/h4,6,8-9,13H,3,5,7,10H2,1-2H3/p+1/t13-/m0/s1. The fourth-order valence-electron chi connectivity index (χ4n) is 3.56. The number of nitrogens with one attached hydrogen (secondary N) is 1. The van der Waals surface area contributed by atoms with Crippen LogP contribution in [0.15, 0.2) is 23.6 Å². The third kappa shape index (κ3) is 2.62. The maximum absolute atomic E-state index is 5.64. The molecule has 120 valence electrons. The van der Waals surface area contributed by atoms with Gasteiger partial charge in [0.1, 0.15) is 6.04 Å². The van der Waals surface area contributed by atoms with E-state index in [-0.39, 0.29) is 0 Å². The Bertz CT molecular complexity index is 893. The summed E-state index contributed by atoms with van der Waals surface area (Å²) in [5, 5.41) is 6.82. The van der Waals surface area contributed by atoms with Crippen LogP contribution in [0.4, 0.5) is 0 Å². The summed E-state index contributed by atoms with van der Waals surface area (Å²) in [6.07, 6.45) is 2.50. The van der Waals surface area contributed by atoms with Gasteiger partial charge in [-0.1, -0.05) is 6.07 Å². The third-order valence-electron chi connectivity index (χ3n) is 4.59. The molecule has 0 saturated carbocycles. The van der Waals surface area contributed by atoms with E-state index < -0.39 is 0 Å². The second-order valence-electron chi connectivity index (χ2n) is 6.23. The number of quaternary nitrogens is 1. The van der Waals surface area contributed by atoms with Crippen molar-refractivity contribution in [2.24, 2.45) is 0 Å². The van der Waals surface area contributed by atoms with Crippen LogP contribution in [-0.4, -0.2) is 25.7 Å². The smallest absolute Gasteiger partial charge is 0.254 e. The van der Waals surface area contributed by atoms with Crippen LogP contribution < -0.4 is 4.90 Å². The van der Waals surface area contributed by atoms with E-state index >= 15 is 0 Å². The number of likely N-dealkylation sites (tertiary alicyclic amines) is 1. The Morgan fingerprint density at radius 2 is 2.30 bits per heavy atom. The SMILES string of the molecule is Cc1cc(C)n2c(=S)n(C[NH+]3CCC[C@H]3c3cccs3)nc2n1. The van der Waals surface area contributed by atoms with Gasteiger partial charge in [0.05, 0.1) is 11.4 Å². The highest BCUT2D eigenvalue weighted by Crippen LogP contribution is 2.23. The first-order valence-electron chi connectivity index (χ1n) is 7.95. The van der Waals surface area contributed by atoms with Crippen molar-refractivity contribution in [3.63, 3.8) is 0 Å². The molecule has 0 bridgehead atoms. The normalized spacial score (nSPS) is 21.3. The van der Waals surface area contributed by atoms with E-state index in [1.54, 1.807) is 4.90 Å². The zero-order chi connectivity index (χ0) is 16.0. The molecule has 4 rings (SSSR count). The van der Waals surface area contributed by atoms with Gasteiger partial charge in [-0.2, -0.15) is 4.68 Å². The summed E-state index contributed by atoms with van der Waals surface area (Å²) < 4.78 is 4.66. The minimum Gasteiger partial charge on any atom is -0.309 e. The lowest BCUT2D eigenvalue weighted by molar-refractivity contribution is -0.941. The lowest BCUT2D eigenvalue weighted by Crippen LogP contribution is -3.09. The van der Waals surface area contributed by atoms with Gasteiger partial charge in [0, 0.05) is 24.2 Å². The first kappa shape index (κ1) is 15.0. The van der Waals surface area contributed by atoms with Gasteiger partial charge in [-0.25, -0.2) is 4.98 Å². The largest absolute Gasteiger partial charge is 0.309 e. The van der Waals surface area contributed by atoms with E-state index in [9.17, 15) is 0 Å². The third-order valence-corrected chi connectivity index (χ3v) is 5.97. The summed E-state index contributed by atoms with van der Waals surface area (Å²) in [6.45, 7) is 6.03. The van der Waals surface area contributed by atoms with E-state index in [0.29, 0.717) is 11.8 Å². The molecule has 4 heterocycles. The Balaban J connectivity index is 1.69. The highest BCUT2D eigenvalue weighted by molar-refractivity contribution is 7.71. The van der Waals surface area contributed by atoms with Crippen LogP contribution >= 0.6 is 23.6 Å². The number of fused-ring (bicyclic) bond motifs is 1. The highest BCUT2D eigenvalue weighted by atomic mass is 32.1. The van der Waals surface area contributed by atoms with E-state index in [2.05, 4.69) is 34.5 Å². The van der Waals surface area contributed by atoms with Crippen LogP contribution in [0.5, 0.6) is 0 Å². The summed E-state index contributed by atoms with van der Waals surface area (Å²) >= 11 is 7.50. The maximum atomic E-state index is 5.64. The summed E-state index contributed by atoms with van der Waals surface area (Å²) in [5.41, 5.74) is 2.07. The molecule has 7 heteroatoms. The molecule has 5 nitrogen and oxygen atoms in total. The fourth-order valence-corrected chi connectivity index (χ4v) is 4.81. The van der Waals surface area contributed by atoms with Crippen LogP contribution in [0.3, 0.4) is 0 Å². The predicted octanol–water partition coefficient (Wildman–Crippen LogP) is 2.32. The molecule has 23 heavy (non-hydrogen) atoms. The quantitative estimate of drug-likeness (QED) is 0.740. The van der Waals surface area contributed by atoms with Crippen LogP contribution in [0.2, 0.25) is 0 Å². The van der Waals surface area contributed by atoms with Gasteiger partial charge in [0.15, 0.2) is 6.67 Å². The molecular formula is C16H20N5S2+. The molecule has 0 aliphatic carbocycles. The van der Waals surface area contributed by atoms with Gasteiger partial charge in [-0.05, 0) is 43.6 Å². The molecule has 1 saturated heterocycles. The molecule has 1 fully saturated rings. The zero-order valence-corrected chi connectivity index (χ0v) is 15.0. The summed E-state index contributed by atoms with van der Waals surface area (Å²) in [4.78, 5) is 7.53. The van der Waals surface area contributed by atoms with Gasteiger partial charge >= 0.3 is 0 Å². The van der Waals surface area contributed by atoms with E-state index in [1.165, 1.54) is 24.3 Å². The van der Waals surface area contributed by atoms with E-state index in [1.807, 2.05) is 33.4 Å². The number of aryl methyl sites for hydroxylation is 2. The molecule has 0 amide bonds. The van der Waals surface area contributed by atoms with E-state index in [4.69, 9.17) is 12.2 Å². The van der Waals surface area contributed by atoms with Gasteiger partial charge in [0.25, 0.3) is 5.78 Å². The van der Waals surface area contributed by atoms with Crippen molar-refractivity contribution in [3.8, 4) is 0 Å². The monoisotopic (exact) mass is 346 g/mol. The van der Waals surface area contributed by atoms with Crippen molar-refractivity contribution >= 4 is 29.3 Å². The van der Waals surface area contributed by atoms with Gasteiger partial charge in [-0.15, -0.1) is 16.4 Å². The number of thiophene rings is 1. The number of aromatic nitrogens is 4. The lowest BCUT2D eigenvalue weighted by Gasteiger charge is -2.20. The molecule has 1 aliphatic rings. The Hall–Kier alpha value is -1.57. The highest BCUT2D eigenvalue weighted by Gasteiger charge is 2.31. The molecule has 0 radical (unpaired) electrons. The van der Waals surface area contributed by atoms with Crippen LogP contribution in [0, 0.1) is 18.6 Å². The minimum absolute atomic E-state index is 0.567. The first-order valence-corrected chi connectivity index (χ1v) is 9.24. The van der Waals surface area contributed by atoms with Crippen molar-refractivity contribution in [1.29, 1.82) is 0 Å². The van der Waals surface area contributed by atoms with Crippen LogP contribution in [-0.2, 0) is 6.67 Å². The molecule has 1 unspecified atom stereocenters. The lowest BCUT2D eigenvalue weighted by atomic mass is 10.2. The van der Waals surface area contributed by atoms with Gasteiger partial charge < -0.3 is 4.90 Å². The Morgan fingerprint density at radius 1 is 1.43 bits per heavy atom. The van der Waals surface area contributed by atoms with Gasteiger partial charge in [-0.3, -0.25) is 4.40 Å². The average molecular weight is 347 g/mol. The van der Waals surface area contributed by atoms with Gasteiger partial charge in [0.2, 0.25) is 4.77 Å². The fraction of sp³-hybridized carbons (Fsp3) is 0.438. The molecule has 1 N–H and O–H groups in total. The molecule has 0 spiro atoms. The maximum Gasteiger partial charge on any atom is 0.254 e. The average Bonchev–Trinajstić information content (AvgIpc) is 3.20. The molecule has 3 aromatic rings. The number of hydrogen-bond acceptors (Lipinski definition) is 4. The summed E-state index contributed by atoms with van der Waals surface area (Å²) in [6, 6.07) is 7.00. The Morgan fingerprint density at radius 3 is 3.09 bits per heavy atom. The summed E-state index contributed by atoms with van der Waals surface area (Å²) in [5.74, 6) is 0.707. The number of hydrogen-bond donors (Lipinski definition) is 1. The first-order chi connectivity index (χ1) is 11.1. The molecular weight excluding hydrogens is 326 g/mol. The van der Waals surface area contributed by atoms with Crippen LogP contribution in [0.25, 0.3) is 5.78 Å². The van der Waals surface area contributed by atoms with Crippen molar-refractivity contribution < 1.29 is 4.90 Å². The second-order valence-corrected chi connectivity index (χ2v) is 7.58. The van der Waals surface area contributed by atoms with Crippen LogP contribution in [0.1, 0.15) is 35.1 Å². The zero-order valence-electron chi connectivity index (χ0n) is 13.3. The Kier molecular flexibility index (Phi) is 3.79. The van der Waals surface area contributed by atoms with Crippen molar-refractivity contribution in [2.75, 3.05) is 6.54 Å². The van der Waals surface area contributed by atoms with E-state index in [0.717, 1.165) is 22.8 Å². The summed E-state index contributed by atoms with van der Waals surface area (Å²) in [7, 11) is 0. The number of rotatable bonds is 3. The molecule has 1 aliphatic heterocycles. The topological polar surface area (TPSA) is 39.6 Å². The molecule has 0 aromatic carbocycles. The Labute approximate surface area is 144 Å². The predicted molar refractivity (Wildman–Crippen MR) is 93.4 cm³/mol. The van der Waals surface area contributed by atoms with Crippen molar-refractivity contribution in [3.05, 3.63) is 44.6 Å². The van der Waals surface area contributed by atoms with Crippen molar-refractivity contribution in [2.45, 2.75) is 39.4 Å². The number of nitrogens with zero attached hydrogens (tertiary/aromatic N) is 4. The minimum atomic E-state index is 0.567.